The van der Waals surface area contributed by atoms with E-state index in [0.29, 0.717) is 0 Å². The summed E-state index contributed by atoms with van der Waals surface area (Å²) in [5, 5.41) is 8.84. The Balaban J connectivity index is 1.59. The molecule has 2 fully saturated rings. The van der Waals surface area contributed by atoms with Crippen LogP contribution in [0.4, 0.5) is 0 Å². The third kappa shape index (κ3) is 3.13. The van der Waals surface area contributed by atoms with Crippen LogP contribution >= 0.6 is 0 Å². The molecule has 0 aromatic carbocycles. The molecule has 1 heterocycles. The molecule has 0 atom stereocenters. The third-order valence-corrected chi connectivity index (χ3v) is 3.68. The van der Waals surface area contributed by atoms with Crippen molar-refractivity contribution in [3.63, 3.8) is 0 Å². The minimum absolute atomic E-state index is 0.0443. The van der Waals surface area contributed by atoms with Gasteiger partial charge in [0, 0.05) is 13.1 Å². The van der Waals surface area contributed by atoms with Crippen LogP contribution in [0.3, 0.4) is 0 Å². The summed E-state index contributed by atoms with van der Waals surface area (Å²) >= 11 is 0. The van der Waals surface area contributed by atoms with Crippen molar-refractivity contribution in [1.29, 1.82) is 0 Å². The lowest BCUT2D eigenvalue weighted by Crippen LogP contribution is -2.27. The van der Waals surface area contributed by atoms with Crippen molar-refractivity contribution in [3.05, 3.63) is 23.7 Å². The Labute approximate surface area is 107 Å². The van der Waals surface area contributed by atoms with Crippen LogP contribution in [0.15, 0.2) is 16.5 Å². The van der Waals surface area contributed by atoms with Crippen LogP contribution in [0.25, 0.3) is 0 Å². The van der Waals surface area contributed by atoms with Gasteiger partial charge >= 0.3 is 5.97 Å². The van der Waals surface area contributed by atoms with E-state index in [2.05, 4.69) is 4.90 Å². The molecule has 0 spiro atoms. The fourth-order valence-corrected chi connectivity index (χ4v) is 2.33. The van der Waals surface area contributed by atoms with Crippen molar-refractivity contribution in [3.8, 4) is 0 Å². The molecular weight excluding hydrogens is 230 g/mol. The molecule has 1 N–H and O–H groups in total. The minimum Gasteiger partial charge on any atom is -0.475 e. The summed E-state index contributed by atoms with van der Waals surface area (Å²) in [6, 6.07) is 3.33. The molecule has 4 nitrogen and oxygen atoms in total. The molecule has 0 amide bonds. The van der Waals surface area contributed by atoms with Gasteiger partial charge in [0.15, 0.2) is 0 Å². The van der Waals surface area contributed by atoms with Gasteiger partial charge in [0.1, 0.15) is 5.76 Å². The zero-order valence-corrected chi connectivity index (χ0v) is 10.5. The predicted octanol–water partition coefficient (Wildman–Crippen LogP) is 2.60. The first-order chi connectivity index (χ1) is 8.70. The highest BCUT2D eigenvalue weighted by atomic mass is 16.4. The molecule has 2 saturated carbocycles. The number of hydrogen-bond acceptors (Lipinski definition) is 3. The summed E-state index contributed by atoms with van der Waals surface area (Å²) in [5.41, 5.74) is 0. The van der Waals surface area contributed by atoms with Crippen molar-refractivity contribution >= 4 is 5.97 Å². The predicted molar refractivity (Wildman–Crippen MR) is 66.4 cm³/mol. The maximum absolute atomic E-state index is 10.8. The normalized spacial score (nSPS) is 19.4. The largest absolute Gasteiger partial charge is 0.475 e. The zero-order chi connectivity index (χ0) is 12.5. The van der Waals surface area contributed by atoms with Crippen LogP contribution in [0, 0.1) is 11.8 Å². The summed E-state index contributed by atoms with van der Waals surface area (Å²) in [4.78, 5) is 13.2. The lowest BCUT2D eigenvalue weighted by Gasteiger charge is -2.20. The van der Waals surface area contributed by atoms with E-state index in [0.717, 1.165) is 37.2 Å². The highest BCUT2D eigenvalue weighted by Gasteiger charge is 2.29. The first-order valence-electron chi connectivity index (χ1n) is 6.75. The summed E-state index contributed by atoms with van der Waals surface area (Å²) in [5.74, 6) is 1.55. The summed E-state index contributed by atoms with van der Waals surface area (Å²) < 4.78 is 5.34. The van der Waals surface area contributed by atoms with Crippen LogP contribution in [0.5, 0.6) is 0 Å². The first kappa shape index (κ1) is 11.8. The van der Waals surface area contributed by atoms with Gasteiger partial charge in [-0.15, -0.1) is 0 Å². The molecule has 1 aromatic rings. The molecule has 1 aromatic heterocycles. The molecule has 4 heteroatoms. The molecule has 0 radical (unpaired) electrons. The van der Waals surface area contributed by atoms with Crippen molar-refractivity contribution < 1.29 is 14.3 Å². The molecule has 3 rings (SSSR count). The fraction of sp³-hybridized carbons (Fsp3) is 0.643. The van der Waals surface area contributed by atoms with E-state index in [-0.39, 0.29) is 5.76 Å². The monoisotopic (exact) mass is 249 g/mol. The molecular formula is C14H19NO3. The lowest BCUT2D eigenvalue weighted by molar-refractivity contribution is 0.0658. The molecule has 0 unspecified atom stereocenters. The molecule has 0 bridgehead atoms. The highest BCUT2D eigenvalue weighted by Crippen LogP contribution is 2.34. The number of carboxylic acids is 1. The van der Waals surface area contributed by atoms with Gasteiger partial charge in [0.2, 0.25) is 5.76 Å². The summed E-state index contributed by atoms with van der Waals surface area (Å²) in [6.07, 6.45) is 5.39. The number of aromatic carboxylic acids is 1. The average Bonchev–Trinajstić information content (AvgIpc) is 3.22. The minimum atomic E-state index is -0.989. The molecule has 0 aliphatic heterocycles. The summed E-state index contributed by atoms with van der Waals surface area (Å²) in [7, 11) is 0. The number of nitrogens with zero attached hydrogens (tertiary/aromatic N) is 1. The highest BCUT2D eigenvalue weighted by molar-refractivity contribution is 5.84. The Morgan fingerprint density at radius 3 is 2.28 bits per heavy atom. The van der Waals surface area contributed by atoms with Crippen molar-refractivity contribution in [2.24, 2.45) is 11.8 Å². The standard InChI is InChI=1S/C14H19NO3/c16-14(17)13-6-5-12(18-13)9-15(7-10-1-2-10)8-11-3-4-11/h5-6,10-11H,1-4,7-9H2,(H,16,17). The fourth-order valence-electron chi connectivity index (χ4n) is 2.33. The van der Waals surface area contributed by atoms with Gasteiger partial charge in [-0.05, 0) is 49.7 Å². The van der Waals surface area contributed by atoms with E-state index >= 15 is 0 Å². The second-order valence-corrected chi connectivity index (χ2v) is 5.65. The van der Waals surface area contributed by atoms with Crippen molar-refractivity contribution in [1.82, 2.24) is 4.90 Å². The lowest BCUT2D eigenvalue weighted by atomic mass is 10.3. The van der Waals surface area contributed by atoms with E-state index in [1.165, 1.54) is 25.7 Å². The van der Waals surface area contributed by atoms with E-state index < -0.39 is 5.97 Å². The van der Waals surface area contributed by atoms with Gasteiger partial charge < -0.3 is 9.52 Å². The van der Waals surface area contributed by atoms with Gasteiger partial charge in [-0.25, -0.2) is 4.79 Å². The van der Waals surface area contributed by atoms with Crippen LogP contribution in [-0.2, 0) is 6.54 Å². The van der Waals surface area contributed by atoms with Crippen LogP contribution < -0.4 is 0 Å². The van der Waals surface area contributed by atoms with E-state index in [4.69, 9.17) is 9.52 Å². The zero-order valence-electron chi connectivity index (χ0n) is 10.5. The maximum atomic E-state index is 10.8. The molecule has 18 heavy (non-hydrogen) atoms. The Morgan fingerprint density at radius 2 is 1.83 bits per heavy atom. The number of hydrogen-bond donors (Lipinski definition) is 1. The van der Waals surface area contributed by atoms with E-state index in [9.17, 15) is 4.79 Å². The van der Waals surface area contributed by atoms with Crippen LogP contribution in [0.1, 0.15) is 42.0 Å². The third-order valence-electron chi connectivity index (χ3n) is 3.68. The molecule has 2 aliphatic rings. The number of carboxylic acid groups (broad SMARTS) is 1. The number of carbonyl (C=O) groups is 1. The van der Waals surface area contributed by atoms with E-state index in [1.54, 1.807) is 12.1 Å². The average molecular weight is 249 g/mol. The Kier molecular flexibility index (Phi) is 3.12. The summed E-state index contributed by atoms with van der Waals surface area (Å²) in [6.45, 7) is 3.03. The topological polar surface area (TPSA) is 53.7 Å². The van der Waals surface area contributed by atoms with Gasteiger partial charge in [0.05, 0.1) is 6.54 Å². The van der Waals surface area contributed by atoms with Crippen LogP contribution in [0.2, 0.25) is 0 Å². The van der Waals surface area contributed by atoms with Crippen molar-refractivity contribution in [2.45, 2.75) is 32.2 Å². The van der Waals surface area contributed by atoms with Gasteiger partial charge in [-0.1, -0.05) is 0 Å². The quantitative estimate of drug-likeness (QED) is 0.807. The Hall–Kier alpha value is -1.29. The van der Waals surface area contributed by atoms with Gasteiger partial charge in [0.25, 0.3) is 0 Å². The van der Waals surface area contributed by atoms with E-state index in [1.807, 2.05) is 0 Å². The second-order valence-electron chi connectivity index (χ2n) is 5.65. The molecule has 0 saturated heterocycles. The number of rotatable bonds is 7. The smallest absolute Gasteiger partial charge is 0.371 e. The molecule has 2 aliphatic carbocycles. The maximum Gasteiger partial charge on any atom is 0.371 e. The van der Waals surface area contributed by atoms with Crippen molar-refractivity contribution in [2.75, 3.05) is 13.1 Å². The number of furan rings is 1. The molecule has 98 valence electrons. The Bertz CT molecular complexity index is 418. The second kappa shape index (κ2) is 4.76. The van der Waals surface area contributed by atoms with Crippen LogP contribution in [-0.4, -0.2) is 29.1 Å². The first-order valence-corrected chi connectivity index (χ1v) is 6.75. The SMILES string of the molecule is O=C(O)c1ccc(CN(CC2CC2)CC2CC2)o1. The van der Waals surface area contributed by atoms with Gasteiger partial charge in [-0.2, -0.15) is 0 Å². The Morgan fingerprint density at radius 1 is 1.22 bits per heavy atom. The van der Waals surface area contributed by atoms with Gasteiger partial charge in [-0.3, -0.25) is 4.90 Å².